The van der Waals surface area contributed by atoms with Crippen molar-refractivity contribution in [2.75, 3.05) is 24.5 Å². The maximum absolute atomic E-state index is 13.2. The van der Waals surface area contributed by atoms with E-state index in [1.807, 2.05) is 27.9 Å². The third kappa shape index (κ3) is 3.67. The number of amides is 1. The molecule has 31 heavy (non-hydrogen) atoms. The minimum Gasteiger partial charge on any atom is -0.488 e. The summed E-state index contributed by atoms with van der Waals surface area (Å²) in [6, 6.07) is 15.0. The van der Waals surface area contributed by atoms with E-state index in [1.54, 1.807) is 0 Å². The van der Waals surface area contributed by atoms with Crippen LogP contribution < -0.4 is 9.64 Å². The molecule has 6 nitrogen and oxygen atoms in total. The Morgan fingerprint density at radius 1 is 1.13 bits per heavy atom. The summed E-state index contributed by atoms with van der Waals surface area (Å²) in [5.41, 5.74) is 6.70. The minimum atomic E-state index is 0.113. The second-order valence-electron chi connectivity index (χ2n) is 8.69. The number of carbonyl (C=O) groups excluding carboxylic acids is 1. The van der Waals surface area contributed by atoms with Gasteiger partial charge in [-0.25, -0.2) is 0 Å². The summed E-state index contributed by atoms with van der Waals surface area (Å²) in [6.45, 7) is 9.39. The van der Waals surface area contributed by atoms with Gasteiger partial charge in [0.2, 0.25) is 5.91 Å². The van der Waals surface area contributed by atoms with E-state index in [9.17, 15) is 4.79 Å². The van der Waals surface area contributed by atoms with Crippen molar-refractivity contribution >= 4 is 11.6 Å². The first-order chi connectivity index (χ1) is 15.0. The van der Waals surface area contributed by atoms with Crippen molar-refractivity contribution in [3.05, 3.63) is 65.4 Å². The highest BCUT2D eigenvalue weighted by molar-refractivity contribution is 5.79. The van der Waals surface area contributed by atoms with Crippen LogP contribution in [0.2, 0.25) is 0 Å². The molecule has 0 aliphatic carbocycles. The quantitative estimate of drug-likeness (QED) is 0.652. The van der Waals surface area contributed by atoms with Crippen LogP contribution >= 0.6 is 0 Å². The van der Waals surface area contributed by atoms with E-state index in [0.717, 1.165) is 47.8 Å². The number of nitrogens with zero attached hydrogens (tertiary/aromatic N) is 4. The van der Waals surface area contributed by atoms with Crippen LogP contribution in [0, 0.1) is 13.8 Å². The maximum Gasteiger partial charge on any atom is 0.244 e. The topological polar surface area (TPSA) is 50.6 Å². The zero-order chi connectivity index (χ0) is 21.5. The van der Waals surface area contributed by atoms with Gasteiger partial charge in [0.25, 0.3) is 0 Å². The molecule has 1 atom stereocenters. The molecule has 1 aromatic heterocycles. The van der Waals surface area contributed by atoms with Crippen LogP contribution in [0.5, 0.6) is 5.75 Å². The summed E-state index contributed by atoms with van der Waals surface area (Å²) in [4.78, 5) is 17.6. The fourth-order valence-electron chi connectivity index (χ4n) is 4.67. The number of aryl methyl sites for hydroxylation is 2. The molecule has 0 N–H and O–H groups in total. The highest BCUT2D eigenvalue weighted by atomic mass is 16.5. The third-order valence-electron chi connectivity index (χ3n) is 6.29. The highest BCUT2D eigenvalue weighted by Gasteiger charge is 2.29. The molecule has 0 unspecified atom stereocenters. The summed E-state index contributed by atoms with van der Waals surface area (Å²) in [6.07, 6.45) is 1.83. The normalized spacial score (nSPS) is 17.7. The molecular weight excluding hydrogens is 388 g/mol. The molecule has 1 amide bonds. The maximum atomic E-state index is 13.2. The van der Waals surface area contributed by atoms with E-state index in [-0.39, 0.29) is 18.5 Å². The second-order valence-corrected chi connectivity index (χ2v) is 8.69. The summed E-state index contributed by atoms with van der Waals surface area (Å²) < 4.78 is 7.70. The van der Waals surface area contributed by atoms with Crippen molar-refractivity contribution in [2.45, 2.75) is 40.0 Å². The SMILES string of the molecule is Cc1cccc(N2CCN(C(=O)Cn3ncc4c3-c3cc(C)ccc3OC4)C[C@@H]2C)c1. The lowest BCUT2D eigenvalue weighted by atomic mass is 10.0. The predicted molar refractivity (Wildman–Crippen MR) is 121 cm³/mol. The van der Waals surface area contributed by atoms with Crippen molar-refractivity contribution in [2.24, 2.45) is 0 Å². The number of hydrogen-bond acceptors (Lipinski definition) is 4. The predicted octanol–water partition coefficient (Wildman–Crippen LogP) is 3.80. The first-order valence-corrected chi connectivity index (χ1v) is 10.9. The molecule has 3 heterocycles. The minimum absolute atomic E-state index is 0.113. The van der Waals surface area contributed by atoms with Crippen molar-refractivity contribution in [3.8, 4) is 17.0 Å². The third-order valence-corrected chi connectivity index (χ3v) is 6.29. The lowest BCUT2D eigenvalue weighted by Crippen LogP contribution is -2.54. The molecule has 6 heteroatoms. The van der Waals surface area contributed by atoms with Gasteiger partial charge < -0.3 is 14.5 Å². The number of carbonyl (C=O) groups is 1. The van der Waals surface area contributed by atoms with Gasteiger partial charge in [0.15, 0.2) is 0 Å². The molecule has 0 bridgehead atoms. The molecule has 0 spiro atoms. The van der Waals surface area contributed by atoms with Gasteiger partial charge in [0, 0.05) is 42.5 Å². The Labute approximate surface area is 183 Å². The van der Waals surface area contributed by atoms with Gasteiger partial charge in [0.1, 0.15) is 18.9 Å². The van der Waals surface area contributed by atoms with Gasteiger partial charge in [-0.2, -0.15) is 5.10 Å². The zero-order valence-electron chi connectivity index (χ0n) is 18.3. The Morgan fingerprint density at radius 2 is 1.97 bits per heavy atom. The Morgan fingerprint density at radius 3 is 2.77 bits per heavy atom. The standard InChI is InChI=1S/C25H28N4O2/c1-17-5-4-6-21(11-17)28-10-9-27(14-19(28)3)24(30)15-29-25-20(13-26-29)16-31-23-8-7-18(2)12-22(23)25/h4-8,11-13,19H,9-10,14-16H2,1-3H3/t19-/m0/s1. The van der Waals surface area contributed by atoms with Gasteiger partial charge >= 0.3 is 0 Å². The molecule has 0 saturated carbocycles. The van der Waals surface area contributed by atoms with Crippen LogP contribution in [-0.2, 0) is 17.9 Å². The number of aromatic nitrogens is 2. The fourth-order valence-corrected chi connectivity index (χ4v) is 4.67. The van der Waals surface area contributed by atoms with Crippen molar-refractivity contribution in [1.29, 1.82) is 0 Å². The summed E-state index contributed by atoms with van der Waals surface area (Å²) >= 11 is 0. The molecular formula is C25H28N4O2. The van der Waals surface area contributed by atoms with Crippen molar-refractivity contribution in [1.82, 2.24) is 14.7 Å². The van der Waals surface area contributed by atoms with Gasteiger partial charge in [0.05, 0.1) is 11.9 Å². The molecule has 1 fully saturated rings. The number of ether oxygens (including phenoxy) is 1. The fraction of sp³-hybridized carbons (Fsp3) is 0.360. The molecule has 1 saturated heterocycles. The summed E-state index contributed by atoms with van der Waals surface area (Å²) in [5.74, 6) is 0.968. The van der Waals surface area contributed by atoms with E-state index >= 15 is 0 Å². The summed E-state index contributed by atoms with van der Waals surface area (Å²) in [5, 5.41) is 4.53. The van der Waals surface area contributed by atoms with E-state index in [4.69, 9.17) is 4.74 Å². The number of piperazine rings is 1. The number of benzene rings is 2. The van der Waals surface area contributed by atoms with E-state index in [0.29, 0.717) is 6.61 Å². The van der Waals surface area contributed by atoms with Gasteiger partial charge in [-0.3, -0.25) is 9.48 Å². The average molecular weight is 417 g/mol. The van der Waals surface area contributed by atoms with Crippen molar-refractivity contribution < 1.29 is 9.53 Å². The Hall–Kier alpha value is -3.28. The first-order valence-electron chi connectivity index (χ1n) is 10.9. The monoisotopic (exact) mass is 416 g/mol. The number of rotatable bonds is 3. The van der Waals surface area contributed by atoms with Gasteiger partial charge in [-0.15, -0.1) is 0 Å². The van der Waals surface area contributed by atoms with Crippen LogP contribution in [0.15, 0.2) is 48.7 Å². The Kier molecular flexibility index (Phi) is 4.93. The van der Waals surface area contributed by atoms with Crippen LogP contribution in [0.4, 0.5) is 5.69 Å². The lowest BCUT2D eigenvalue weighted by molar-refractivity contribution is -0.132. The Bertz CT molecular complexity index is 1140. The smallest absolute Gasteiger partial charge is 0.244 e. The Balaban J connectivity index is 1.32. The molecule has 5 rings (SSSR count). The number of fused-ring (bicyclic) bond motifs is 3. The van der Waals surface area contributed by atoms with Crippen molar-refractivity contribution in [3.63, 3.8) is 0 Å². The van der Waals surface area contributed by atoms with Crippen LogP contribution in [0.1, 0.15) is 23.6 Å². The highest BCUT2D eigenvalue weighted by Crippen LogP contribution is 2.38. The average Bonchev–Trinajstić information content (AvgIpc) is 3.16. The second kappa shape index (κ2) is 7.76. The molecule has 2 aromatic carbocycles. The molecule has 160 valence electrons. The van der Waals surface area contributed by atoms with Gasteiger partial charge in [-0.05, 0) is 50.6 Å². The molecule has 0 radical (unpaired) electrons. The van der Waals surface area contributed by atoms with Crippen LogP contribution in [0.25, 0.3) is 11.3 Å². The molecule has 3 aromatic rings. The zero-order valence-corrected chi connectivity index (χ0v) is 18.3. The summed E-state index contributed by atoms with van der Waals surface area (Å²) in [7, 11) is 0. The van der Waals surface area contributed by atoms with Crippen LogP contribution in [-0.4, -0.2) is 46.3 Å². The number of anilines is 1. The molecule has 2 aliphatic rings. The van der Waals surface area contributed by atoms with Gasteiger partial charge in [-0.1, -0.05) is 23.8 Å². The van der Waals surface area contributed by atoms with E-state index in [1.165, 1.54) is 11.3 Å². The lowest BCUT2D eigenvalue weighted by Gasteiger charge is -2.41. The van der Waals surface area contributed by atoms with Crippen LogP contribution in [0.3, 0.4) is 0 Å². The van der Waals surface area contributed by atoms with E-state index < -0.39 is 0 Å². The largest absolute Gasteiger partial charge is 0.488 e. The number of hydrogen-bond donors (Lipinski definition) is 0. The first kappa shape index (κ1) is 19.7. The molecule has 2 aliphatic heterocycles. The van der Waals surface area contributed by atoms with E-state index in [2.05, 4.69) is 61.1 Å².